The highest BCUT2D eigenvalue weighted by Gasteiger charge is 2.55. The van der Waals surface area contributed by atoms with E-state index in [9.17, 15) is 13.2 Å². The maximum Gasteiger partial charge on any atom is 0.313 e. The third kappa shape index (κ3) is 3.22. The van der Waals surface area contributed by atoms with Crippen molar-refractivity contribution in [3.05, 3.63) is 54.6 Å². The third-order valence-corrected chi connectivity index (χ3v) is 6.57. The number of hydrogen-bond acceptors (Lipinski definition) is 5. The van der Waals surface area contributed by atoms with Gasteiger partial charge in [0.05, 0.1) is 29.8 Å². The number of fused-ring (bicyclic) bond motifs is 2. The van der Waals surface area contributed by atoms with Crippen LogP contribution in [0.5, 0.6) is 0 Å². The van der Waals surface area contributed by atoms with Crippen molar-refractivity contribution in [2.45, 2.75) is 37.0 Å². The molecule has 3 rings (SSSR count). The van der Waals surface area contributed by atoms with E-state index >= 15 is 0 Å². The fourth-order valence-corrected chi connectivity index (χ4v) is 5.12. The van der Waals surface area contributed by atoms with E-state index in [0.29, 0.717) is 0 Å². The Kier molecular flexibility index (Phi) is 5.32. The lowest BCUT2D eigenvalue weighted by Gasteiger charge is -2.33. The molecule has 140 valence electrons. The fraction of sp³-hybridized carbons (Fsp3) is 0.421. The van der Waals surface area contributed by atoms with Gasteiger partial charge in [0.15, 0.2) is 0 Å². The van der Waals surface area contributed by atoms with Crippen LogP contribution in [-0.2, 0) is 24.3 Å². The van der Waals surface area contributed by atoms with Gasteiger partial charge in [0.2, 0.25) is 10.0 Å². The van der Waals surface area contributed by atoms with Gasteiger partial charge in [-0.2, -0.15) is 4.31 Å². The molecule has 1 fully saturated rings. The van der Waals surface area contributed by atoms with Crippen molar-refractivity contribution < 1.29 is 22.7 Å². The van der Waals surface area contributed by atoms with Crippen LogP contribution in [0.25, 0.3) is 0 Å². The van der Waals surface area contributed by atoms with E-state index in [1.54, 1.807) is 37.3 Å². The van der Waals surface area contributed by atoms with Crippen molar-refractivity contribution in [3.63, 3.8) is 0 Å². The number of carbonyl (C=O) groups is 1. The first-order valence-electron chi connectivity index (χ1n) is 8.60. The lowest BCUT2D eigenvalue weighted by atomic mass is 9.89. The summed E-state index contributed by atoms with van der Waals surface area (Å²) in [7, 11) is -3.83. The molecule has 1 aromatic carbocycles. The average Bonchev–Trinajstić information content (AvgIpc) is 3.21. The van der Waals surface area contributed by atoms with Gasteiger partial charge in [-0.1, -0.05) is 35.9 Å². The Morgan fingerprint density at radius 3 is 2.54 bits per heavy atom. The third-order valence-electron chi connectivity index (χ3n) is 4.69. The Morgan fingerprint density at radius 1 is 1.27 bits per heavy atom. The van der Waals surface area contributed by atoms with Gasteiger partial charge < -0.3 is 9.47 Å². The molecule has 0 saturated carbocycles. The molecule has 0 radical (unpaired) electrons. The second-order valence-electron chi connectivity index (χ2n) is 6.40. The maximum atomic E-state index is 13.3. The summed E-state index contributed by atoms with van der Waals surface area (Å²) in [4.78, 5) is 12.7. The highest BCUT2D eigenvalue weighted by molar-refractivity contribution is 7.89. The molecular weight excluding hydrogens is 354 g/mol. The minimum Gasteiger partial charge on any atom is -0.466 e. The van der Waals surface area contributed by atoms with E-state index in [2.05, 4.69) is 6.58 Å². The number of hydrogen-bond donors (Lipinski definition) is 0. The molecule has 0 spiro atoms. The molecule has 2 aliphatic rings. The Labute approximate surface area is 154 Å². The molecule has 26 heavy (non-hydrogen) atoms. The van der Waals surface area contributed by atoms with Crippen molar-refractivity contribution >= 4 is 16.0 Å². The number of sulfonamides is 1. The van der Waals surface area contributed by atoms with Gasteiger partial charge in [0.1, 0.15) is 5.92 Å². The molecule has 0 amide bonds. The number of ether oxygens (including phenoxy) is 2. The molecule has 4 atom stereocenters. The van der Waals surface area contributed by atoms with Crippen LogP contribution in [-0.4, -0.2) is 50.1 Å². The van der Waals surface area contributed by atoms with Crippen molar-refractivity contribution in [2.75, 3.05) is 13.2 Å². The van der Waals surface area contributed by atoms with E-state index in [1.807, 2.05) is 13.0 Å². The molecule has 2 aliphatic heterocycles. The second kappa shape index (κ2) is 7.34. The lowest BCUT2D eigenvalue weighted by Crippen LogP contribution is -2.51. The van der Waals surface area contributed by atoms with Crippen LogP contribution in [0.1, 0.15) is 12.5 Å². The van der Waals surface area contributed by atoms with Crippen LogP contribution < -0.4 is 0 Å². The molecule has 4 unspecified atom stereocenters. The van der Waals surface area contributed by atoms with Crippen LogP contribution in [0.3, 0.4) is 0 Å². The predicted molar refractivity (Wildman–Crippen MR) is 97.0 cm³/mol. The molecule has 0 aliphatic carbocycles. The zero-order chi connectivity index (χ0) is 18.9. The number of benzene rings is 1. The largest absolute Gasteiger partial charge is 0.466 e. The highest BCUT2D eigenvalue weighted by atomic mass is 32.2. The Morgan fingerprint density at radius 2 is 1.92 bits per heavy atom. The van der Waals surface area contributed by atoms with Gasteiger partial charge in [-0.15, -0.1) is 6.58 Å². The van der Waals surface area contributed by atoms with Gasteiger partial charge in [-0.05, 0) is 26.0 Å². The molecule has 0 N–H and O–H groups in total. The standard InChI is InChI=1S/C19H23NO5S/c1-4-12-20(26(22,23)14-8-6-13(3)7-9-14)18-16-11-10-15(25-16)17(18)19(21)24-5-2/h4,6-11,15-18H,1,5,12H2,2-3H3. The molecule has 2 bridgehead atoms. The van der Waals surface area contributed by atoms with Crippen molar-refractivity contribution in [2.24, 2.45) is 5.92 Å². The zero-order valence-electron chi connectivity index (χ0n) is 14.9. The summed E-state index contributed by atoms with van der Waals surface area (Å²) < 4.78 is 38.8. The topological polar surface area (TPSA) is 72.9 Å². The van der Waals surface area contributed by atoms with E-state index in [4.69, 9.17) is 9.47 Å². The van der Waals surface area contributed by atoms with Crippen LogP contribution in [0.2, 0.25) is 0 Å². The minimum absolute atomic E-state index is 0.0806. The summed E-state index contributed by atoms with van der Waals surface area (Å²) in [6.45, 7) is 7.61. The first-order valence-corrected chi connectivity index (χ1v) is 10.0. The Bertz CT molecular complexity index is 815. The number of carbonyl (C=O) groups excluding carboxylic acids is 1. The van der Waals surface area contributed by atoms with Gasteiger partial charge in [0, 0.05) is 6.54 Å². The molecule has 0 aromatic heterocycles. The molecule has 6 nitrogen and oxygen atoms in total. The number of nitrogens with zero attached hydrogens (tertiary/aromatic N) is 1. The van der Waals surface area contributed by atoms with Crippen molar-refractivity contribution in [1.29, 1.82) is 0 Å². The van der Waals surface area contributed by atoms with Gasteiger partial charge >= 0.3 is 5.97 Å². The summed E-state index contributed by atoms with van der Waals surface area (Å²) >= 11 is 0. The Hall–Kier alpha value is -1.96. The molecule has 1 saturated heterocycles. The quantitative estimate of drug-likeness (QED) is 0.537. The normalized spacial score (nSPS) is 27.0. The summed E-state index contributed by atoms with van der Waals surface area (Å²) in [5, 5.41) is 0. The molecule has 7 heteroatoms. The molecule has 2 heterocycles. The number of aryl methyl sites for hydroxylation is 1. The monoisotopic (exact) mass is 377 g/mol. The Balaban J connectivity index is 2.01. The summed E-state index contributed by atoms with van der Waals surface area (Å²) in [6.07, 6.45) is 4.18. The van der Waals surface area contributed by atoms with Gasteiger partial charge in [0.25, 0.3) is 0 Å². The predicted octanol–water partition coefficient (Wildman–Crippen LogP) is 2.06. The first kappa shape index (κ1) is 18.8. The maximum absolute atomic E-state index is 13.3. The molecular formula is C19H23NO5S. The zero-order valence-corrected chi connectivity index (χ0v) is 15.7. The average molecular weight is 377 g/mol. The number of rotatable bonds is 7. The summed E-state index contributed by atoms with van der Waals surface area (Å²) in [5.74, 6) is -1.13. The molecule has 1 aromatic rings. The first-order chi connectivity index (χ1) is 12.4. The highest BCUT2D eigenvalue weighted by Crippen LogP contribution is 2.40. The SMILES string of the molecule is C=CCN(C1C2C=CC(O2)C1C(=O)OCC)S(=O)(=O)c1ccc(C)cc1. The van der Waals surface area contributed by atoms with Crippen LogP contribution in [0, 0.1) is 12.8 Å². The van der Waals surface area contributed by atoms with Crippen LogP contribution in [0.4, 0.5) is 0 Å². The number of esters is 1. The van der Waals surface area contributed by atoms with Crippen molar-refractivity contribution in [1.82, 2.24) is 4.31 Å². The van der Waals surface area contributed by atoms with E-state index < -0.39 is 40.2 Å². The fourth-order valence-electron chi connectivity index (χ4n) is 3.50. The smallest absolute Gasteiger partial charge is 0.313 e. The summed E-state index contributed by atoms with van der Waals surface area (Å²) in [5.41, 5.74) is 0.967. The van der Waals surface area contributed by atoms with E-state index in [1.165, 1.54) is 10.4 Å². The second-order valence-corrected chi connectivity index (χ2v) is 8.29. The minimum atomic E-state index is -3.83. The summed E-state index contributed by atoms with van der Waals surface area (Å²) in [6, 6.07) is 5.99. The van der Waals surface area contributed by atoms with Crippen molar-refractivity contribution in [3.8, 4) is 0 Å². The van der Waals surface area contributed by atoms with E-state index in [-0.39, 0.29) is 18.0 Å². The van der Waals surface area contributed by atoms with Gasteiger partial charge in [-0.3, -0.25) is 4.79 Å². The lowest BCUT2D eigenvalue weighted by molar-refractivity contribution is -0.150. The van der Waals surface area contributed by atoms with E-state index in [0.717, 1.165) is 5.56 Å². The van der Waals surface area contributed by atoms with Crippen LogP contribution in [0.15, 0.2) is 54.0 Å². The van der Waals surface area contributed by atoms with Crippen LogP contribution >= 0.6 is 0 Å². The van der Waals surface area contributed by atoms with Gasteiger partial charge in [-0.25, -0.2) is 8.42 Å².